The predicted octanol–water partition coefficient (Wildman–Crippen LogP) is 7.24. The Morgan fingerprint density at radius 3 is 1.06 bits per heavy atom. The van der Waals surface area contributed by atoms with Crippen LogP contribution in [0.4, 0.5) is 0 Å². The topological polar surface area (TPSA) is 83.7 Å². The molecule has 0 N–H and O–H groups in total. The summed E-state index contributed by atoms with van der Waals surface area (Å²) in [4.78, 5) is 5.27. The summed E-state index contributed by atoms with van der Waals surface area (Å²) in [6, 6.07) is 12.0. The summed E-state index contributed by atoms with van der Waals surface area (Å²) in [6.07, 6.45) is 8.93. The Balaban J connectivity index is 0.879. The average Bonchev–Trinajstić information content (AvgIpc) is 3.89. The van der Waals surface area contributed by atoms with Gasteiger partial charge < -0.3 is 47.0 Å². The van der Waals surface area contributed by atoms with Crippen molar-refractivity contribution >= 4 is 57.8 Å². The number of rotatable bonds is 0. The number of benzene rings is 2. The maximum Gasteiger partial charge on any atom is 0.127 e. The molecule has 4 aromatic rings. The minimum atomic E-state index is 0.445. The van der Waals surface area contributed by atoms with E-state index in [1.165, 1.54) is 28.1 Å². The fourth-order valence-electron chi connectivity index (χ4n) is 5.45. The molecule has 8 heterocycles. The molecule has 6 aliphatic heterocycles. The van der Waals surface area contributed by atoms with Crippen molar-refractivity contribution in [2.24, 2.45) is 0 Å². The van der Waals surface area contributed by atoms with Gasteiger partial charge in [0.15, 0.2) is 0 Å². The van der Waals surface area contributed by atoms with Crippen molar-refractivity contribution in [3.8, 4) is 11.5 Å². The first kappa shape index (κ1) is 36.1. The van der Waals surface area contributed by atoms with Crippen molar-refractivity contribution in [3.05, 3.63) is 69.7 Å². The fraction of sp³-hybridized carbons (Fsp3) is 0.444. The Kier molecular flexibility index (Phi) is 13.7. The Hall–Kier alpha value is -2.24. The molecular formula is C36H42N2O8S4. The van der Waals surface area contributed by atoms with E-state index in [0.29, 0.717) is 92.5 Å². The van der Waals surface area contributed by atoms with Crippen LogP contribution < -0.4 is 9.47 Å². The Morgan fingerprint density at radius 2 is 0.700 bits per heavy atom. The van der Waals surface area contributed by atoms with Gasteiger partial charge in [0.25, 0.3) is 0 Å². The van der Waals surface area contributed by atoms with Crippen molar-refractivity contribution < 1.29 is 37.9 Å². The number of thioether (sulfide) groups is 4. The van der Waals surface area contributed by atoms with Gasteiger partial charge in [-0.1, -0.05) is 71.3 Å². The molecule has 2 aromatic carbocycles. The summed E-state index contributed by atoms with van der Waals surface area (Å²) in [7, 11) is 0. The highest BCUT2D eigenvalue weighted by Crippen LogP contribution is 2.61. The van der Waals surface area contributed by atoms with Crippen LogP contribution >= 0.6 is 47.0 Å². The highest BCUT2D eigenvalue weighted by molar-refractivity contribution is 8.30. The molecule has 2 aromatic heterocycles. The molecule has 0 spiro atoms. The van der Waals surface area contributed by atoms with Gasteiger partial charge in [0, 0.05) is 68.2 Å². The van der Waals surface area contributed by atoms with Gasteiger partial charge in [0.05, 0.1) is 87.8 Å². The number of aromatic nitrogens is 2. The molecular weight excluding hydrogens is 717 g/mol. The number of hydrogen-bond donors (Lipinski definition) is 0. The second-order valence-electron chi connectivity index (χ2n) is 11.4. The van der Waals surface area contributed by atoms with Crippen LogP contribution in [0.1, 0.15) is 0 Å². The first-order chi connectivity index (χ1) is 24.8. The molecule has 268 valence electrons. The largest absolute Gasteiger partial charge is 0.491 e. The third-order valence-electron chi connectivity index (χ3n) is 7.88. The normalized spacial score (nSPS) is 19.8. The maximum absolute atomic E-state index is 6.05. The molecule has 0 saturated heterocycles. The average molecular weight is 759 g/mol. The van der Waals surface area contributed by atoms with Crippen LogP contribution in [0.15, 0.2) is 89.2 Å². The molecule has 12 bridgehead atoms. The number of nitrogens with zero attached hydrogens (tertiary/aromatic N) is 2. The summed E-state index contributed by atoms with van der Waals surface area (Å²) in [6.45, 7) is 9.02. The van der Waals surface area contributed by atoms with Gasteiger partial charge in [-0.15, -0.1) is 0 Å². The molecule has 0 fully saturated rings. The predicted molar refractivity (Wildman–Crippen MR) is 199 cm³/mol. The zero-order chi connectivity index (χ0) is 33.8. The van der Waals surface area contributed by atoms with Crippen LogP contribution in [-0.4, -0.2) is 102 Å². The Morgan fingerprint density at radius 1 is 0.380 bits per heavy atom. The van der Waals surface area contributed by atoms with E-state index >= 15 is 0 Å². The summed E-state index contributed by atoms with van der Waals surface area (Å²) in [5.74, 6) is 1.60. The SMILES string of the molecule is c1cc2c3cccc(c3c1)OCCOCCOCCOCCn1cc3c(c1)SC(=C1Sc4cn(cc4S1)CCOCCOCCOCCO2)S3. The molecule has 0 amide bonds. The third kappa shape index (κ3) is 10.00. The molecule has 10 nitrogen and oxygen atoms in total. The van der Waals surface area contributed by atoms with Crippen molar-refractivity contribution in [1.29, 1.82) is 0 Å². The summed E-state index contributed by atoms with van der Waals surface area (Å²) < 4.78 is 53.7. The van der Waals surface area contributed by atoms with Crippen LogP contribution in [0.3, 0.4) is 0 Å². The summed E-state index contributed by atoms with van der Waals surface area (Å²) >= 11 is 7.48. The molecule has 10 rings (SSSR count). The van der Waals surface area contributed by atoms with Gasteiger partial charge in [-0.2, -0.15) is 0 Å². The number of ether oxygens (including phenoxy) is 8. The van der Waals surface area contributed by atoms with Crippen LogP contribution in [-0.2, 0) is 41.5 Å². The van der Waals surface area contributed by atoms with Gasteiger partial charge in [-0.25, -0.2) is 0 Å². The fourth-order valence-corrected chi connectivity index (χ4v) is 10.9. The number of hydrogen-bond acceptors (Lipinski definition) is 12. The van der Waals surface area contributed by atoms with Crippen molar-refractivity contribution in [1.82, 2.24) is 9.13 Å². The van der Waals surface area contributed by atoms with E-state index in [9.17, 15) is 0 Å². The minimum absolute atomic E-state index is 0.445. The highest BCUT2D eigenvalue weighted by atomic mass is 32.2. The summed E-state index contributed by atoms with van der Waals surface area (Å²) in [5.41, 5.74) is 0. The molecule has 0 aliphatic carbocycles. The van der Waals surface area contributed by atoms with E-state index in [1.807, 2.05) is 83.4 Å². The van der Waals surface area contributed by atoms with E-state index in [0.717, 1.165) is 35.4 Å². The van der Waals surface area contributed by atoms with E-state index in [-0.39, 0.29) is 0 Å². The molecule has 0 unspecified atom stereocenters. The van der Waals surface area contributed by atoms with E-state index in [4.69, 9.17) is 37.9 Å². The maximum atomic E-state index is 6.05. The lowest BCUT2D eigenvalue weighted by Crippen LogP contribution is -2.14. The van der Waals surface area contributed by atoms with Crippen molar-refractivity contribution in [3.63, 3.8) is 0 Å². The monoisotopic (exact) mass is 758 g/mol. The Bertz CT molecular complexity index is 1550. The second kappa shape index (κ2) is 19.0. The lowest BCUT2D eigenvalue weighted by Gasteiger charge is -2.13. The zero-order valence-electron chi connectivity index (χ0n) is 27.9. The quantitative estimate of drug-likeness (QED) is 0.181. The van der Waals surface area contributed by atoms with E-state index in [1.54, 1.807) is 0 Å². The highest BCUT2D eigenvalue weighted by Gasteiger charge is 2.29. The minimum Gasteiger partial charge on any atom is -0.491 e. The van der Waals surface area contributed by atoms with E-state index < -0.39 is 0 Å². The van der Waals surface area contributed by atoms with Crippen molar-refractivity contribution in [2.75, 3.05) is 92.5 Å². The van der Waals surface area contributed by atoms with Crippen molar-refractivity contribution in [2.45, 2.75) is 32.7 Å². The lowest BCUT2D eigenvalue weighted by atomic mass is 10.1. The molecule has 6 aliphatic rings. The Labute approximate surface area is 309 Å². The molecule has 0 radical (unpaired) electrons. The van der Waals surface area contributed by atoms with Gasteiger partial charge in [0.1, 0.15) is 24.7 Å². The molecule has 0 atom stereocenters. The molecule has 50 heavy (non-hydrogen) atoms. The standard InChI is InChI=1S/C36H42N2O8S4/c1-3-27-28-4-2-6-30(27)46-22-20-44-18-16-42-14-12-40-10-8-38-25-33-34(26-38)50-36(49-33)35-47-31-23-37(24-32(31)48-35)7-9-39-11-13-41-15-17-43-19-21-45-29(28)5-1/h1-6,23-26H,7-22H2. The second-order valence-corrected chi connectivity index (χ2v) is 16.1. The van der Waals surface area contributed by atoms with Crippen LogP contribution in [0.25, 0.3) is 10.8 Å². The lowest BCUT2D eigenvalue weighted by molar-refractivity contribution is 0.00820. The van der Waals surface area contributed by atoms with Gasteiger partial charge in [-0.3, -0.25) is 0 Å². The molecule has 14 heteroatoms. The van der Waals surface area contributed by atoms with Gasteiger partial charge in [0.2, 0.25) is 0 Å². The van der Waals surface area contributed by atoms with Crippen LogP contribution in [0, 0.1) is 0 Å². The van der Waals surface area contributed by atoms with Crippen LogP contribution in [0.5, 0.6) is 11.5 Å². The third-order valence-corrected chi connectivity index (χ3v) is 13.4. The van der Waals surface area contributed by atoms with Gasteiger partial charge >= 0.3 is 0 Å². The zero-order valence-corrected chi connectivity index (χ0v) is 31.1. The first-order valence-corrected chi connectivity index (χ1v) is 20.2. The smallest absolute Gasteiger partial charge is 0.127 e. The first-order valence-electron chi connectivity index (χ1n) is 16.9. The van der Waals surface area contributed by atoms with Gasteiger partial charge in [-0.05, 0) is 12.1 Å². The molecule has 0 saturated carbocycles. The summed E-state index contributed by atoms with van der Waals surface area (Å²) in [5, 5.41) is 2.00. The van der Waals surface area contributed by atoms with E-state index in [2.05, 4.69) is 33.9 Å². The van der Waals surface area contributed by atoms with Crippen LogP contribution in [0.2, 0.25) is 0 Å².